The molecule has 0 aliphatic rings. The standard InChI is InChI=1S/C18H21FN2O3/c1-13-5-6-16(19)17(8-13)24-12-18(23)21-10-14(11-22)9-15-4-2-3-7-20-15/h2-8,14,22H,9-12H2,1H3,(H,21,23). The number of benzene rings is 1. The van der Waals surface area contributed by atoms with Gasteiger partial charge in [-0.05, 0) is 43.2 Å². The van der Waals surface area contributed by atoms with Crippen molar-refractivity contribution in [3.05, 3.63) is 59.7 Å². The predicted octanol–water partition coefficient (Wildman–Crippen LogP) is 1.88. The number of halogens is 1. The Morgan fingerprint density at radius 3 is 2.92 bits per heavy atom. The highest BCUT2D eigenvalue weighted by Crippen LogP contribution is 2.18. The van der Waals surface area contributed by atoms with Gasteiger partial charge in [-0.2, -0.15) is 0 Å². The second-order valence-electron chi connectivity index (χ2n) is 5.60. The molecule has 2 rings (SSSR count). The van der Waals surface area contributed by atoms with Gasteiger partial charge in [0.05, 0.1) is 0 Å². The van der Waals surface area contributed by atoms with E-state index in [1.54, 1.807) is 18.3 Å². The van der Waals surface area contributed by atoms with Gasteiger partial charge in [0.15, 0.2) is 18.2 Å². The quantitative estimate of drug-likeness (QED) is 0.774. The van der Waals surface area contributed by atoms with Gasteiger partial charge in [0.25, 0.3) is 5.91 Å². The van der Waals surface area contributed by atoms with E-state index in [9.17, 15) is 14.3 Å². The van der Waals surface area contributed by atoms with Crippen LogP contribution in [0.1, 0.15) is 11.3 Å². The number of carbonyl (C=O) groups excluding carboxylic acids is 1. The summed E-state index contributed by atoms with van der Waals surface area (Å²) in [5, 5.41) is 12.1. The Bertz CT molecular complexity index is 665. The van der Waals surface area contributed by atoms with E-state index < -0.39 is 5.82 Å². The number of aromatic nitrogens is 1. The monoisotopic (exact) mass is 332 g/mol. The number of aryl methyl sites for hydroxylation is 1. The molecule has 1 amide bonds. The second kappa shape index (κ2) is 8.98. The molecule has 1 aromatic carbocycles. The normalized spacial score (nSPS) is 11.8. The van der Waals surface area contributed by atoms with Gasteiger partial charge in [0, 0.05) is 31.0 Å². The van der Waals surface area contributed by atoms with Crippen LogP contribution in [0.2, 0.25) is 0 Å². The molecule has 0 radical (unpaired) electrons. The summed E-state index contributed by atoms with van der Waals surface area (Å²) in [6.07, 6.45) is 2.25. The number of pyridine rings is 1. The molecule has 1 heterocycles. The van der Waals surface area contributed by atoms with Crippen LogP contribution in [0.5, 0.6) is 5.75 Å². The summed E-state index contributed by atoms with van der Waals surface area (Å²) in [7, 11) is 0. The first-order chi connectivity index (χ1) is 11.6. The summed E-state index contributed by atoms with van der Waals surface area (Å²) < 4.78 is 18.7. The van der Waals surface area contributed by atoms with E-state index in [4.69, 9.17) is 4.74 Å². The van der Waals surface area contributed by atoms with E-state index in [1.165, 1.54) is 6.07 Å². The molecule has 128 valence electrons. The Labute approximate surface area is 140 Å². The minimum atomic E-state index is -0.503. The zero-order valence-corrected chi connectivity index (χ0v) is 13.5. The first-order valence-corrected chi connectivity index (χ1v) is 7.75. The number of hydrogen-bond donors (Lipinski definition) is 2. The number of amides is 1. The largest absolute Gasteiger partial charge is 0.481 e. The van der Waals surface area contributed by atoms with Crippen molar-refractivity contribution >= 4 is 5.91 Å². The van der Waals surface area contributed by atoms with Crippen LogP contribution >= 0.6 is 0 Å². The number of hydrogen-bond acceptors (Lipinski definition) is 4. The molecule has 0 aliphatic carbocycles. The topological polar surface area (TPSA) is 71.5 Å². The molecular formula is C18H21FN2O3. The number of aliphatic hydroxyl groups is 1. The van der Waals surface area contributed by atoms with E-state index >= 15 is 0 Å². The number of aliphatic hydroxyl groups excluding tert-OH is 1. The zero-order chi connectivity index (χ0) is 17.4. The number of carbonyl (C=O) groups is 1. The Morgan fingerprint density at radius 2 is 2.21 bits per heavy atom. The smallest absolute Gasteiger partial charge is 0.257 e. The molecule has 0 spiro atoms. The summed E-state index contributed by atoms with van der Waals surface area (Å²) in [5.41, 5.74) is 1.70. The Kier molecular flexibility index (Phi) is 6.69. The van der Waals surface area contributed by atoms with E-state index in [2.05, 4.69) is 10.3 Å². The third-order valence-corrected chi connectivity index (χ3v) is 3.52. The van der Waals surface area contributed by atoms with Crippen LogP contribution in [0, 0.1) is 18.7 Å². The van der Waals surface area contributed by atoms with Crippen molar-refractivity contribution in [3.8, 4) is 5.75 Å². The lowest BCUT2D eigenvalue weighted by molar-refractivity contribution is -0.123. The summed E-state index contributed by atoms with van der Waals surface area (Å²) >= 11 is 0. The SMILES string of the molecule is Cc1ccc(F)c(OCC(=O)NCC(CO)Cc2ccccn2)c1. The van der Waals surface area contributed by atoms with Crippen LogP contribution in [-0.4, -0.2) is 35.8 Å². The number of nitrogens with one attached hydrogen (secondary N) is 1. The minimum absolute atomic E-state index is 0.0531. The van der Waals surface area contributed by atoms with Crippen molar-refractivity contribution in [1.82, 2.24) is 10.3 Å². The maximum absolute atomic E-state index is 13.5. The molecule has 0 bridgehead atoms. The molecule has 24 heavy (non-hydrogen) atoms. The third kappa shape index (κ3) is 5.62. The first-order valence-electron chi connectivity index (χ1n) is 7.75. The fourth-order valence-electron chi connectivity index (χ4n) is 2.19. The molecule has 0 aliphatic heterocycles. The molecule has 0 saturated carbocycles. The lowest BCUT2D eigenvalue weighted by atomic mass is 10.0. The molecule has 0 fully saturated rings. The van der Waals surface area contributed by atoms with Crippen molar-refractivity contribution in [2.24, 2.45) is 5.92 Å². The zero-order valence-electron chi connectivity index (χ0n) is 13.5. The average Bonchev–Trinajstić information content (AvgIpc) is 2.60. The molecule has 1 aromatic heterocycles. The van der Waals surface area contributed by atoms with Gasteiger partial charge in [0.1, 0.15) is 0 Å². The molecule has 1 atom stereocenters. The van der Waals surface area contributed by atoms with Crippen LogP contribution in [-0.2, 0) is 11.2 Å². The Morgan fingerprint density at radius 1 is 1.38 bits per heavy atom. The van der Waals surface area contributed by atoms with Crippen LogP contribution in [0.15, 0.2) is 42.6 Å². The minimum Gasteiger partial charge on any atom is -0.481 e. The van der Waals surface area contributed by atoms with Crippen molar-refractivity contribution in [2.45, 2.75) is 13.3 Å². The fraction of sp³-hybridized carbons (Fsp3) is 0.333. The average molecular weight is 332 g/mol. The molecule has 0 saturated heterocycles. The highest BCUT2D eigenvalue weighted by Gasteiger charge is 2.12. The number of nitrogens with zero attached hydrogens (tertiary/aromatic N) is 1. The van der Waals surface area contributed by atoms with E-state index in [1.807, 2.05) is 25.1 Å². The van der Waals surface area contributed by atoms with Crippen molar-refractivity contribution < 1.29 is 19.0 Å². The maximum Gasteiger partial charge on any atom is 0.257 e. The van der Waals surface area contributed by atoms with Gasteiger partial charge in [0.2, 0.25) is 0 Å². The van der Waals surface area contributed by atoms with Gasteiger partial charge in [-0.25, -0.2) is 4.39 Å². The lowest BCUT2D eigenvalue weighted by Crippen LogP contribution is -2.35. The fourth-order valence-corrected chi connectivity index (χ4v) is 2.19. The van der Waals surface area contributed by atoms with Gasteiger partial charge in [-0.1, -0.05) is 12.1 Å². The molecule has 2 N–H and O–H groups in total. The predicted molar refractivity (Wildman–Crippen MR) is 88.2 cm³/mol. The summed E-state index contributed by atoms with van der Waals surface area (Å²) in [6, 6.07) is 10.0. The third-order valence-electron chi connectivity index (χ3n) is 3.52. The summed E-state index contributed by atoms with van der Waals surface area (Å²) in [5.74, 6) is -0.955. The van der Waals surface area contributed by atoms with E-state index in [-0.39, 0.29) is 30.8 Å². The van der Waals surface area contributed by atoms with Crippen LogP contribution in [0.3, 0.4) is 0 Å². The Hall–Kier alpha value is -2.47. The second-order valence-corrected chi connectivity index (χ2v) is 5.60. The molecule has 1 unspecified atom stereocenters. The van der Waals surface area contributed by atoms with Gasteiger partial charge >= 0.3 is 0 Å². The summed E-state index contributed by atoms with van der Waals surface area (Å²) in [6.45, 7) is 1.77. The van der Waals surface area contributed by atoms with Gasteiger partial charge in [-0.3, -0.25) is 9.78 Å². The van der Waals surface area contributed by atoms with Gasteiger partial charge in [-0.15, -0.1) is 0 Å². The van der Waals surface area contributed by atoms with Crippen molar-refractivity contribution in [2.75, 3.05) is 19.8 Å². The molecule has 2 aromatic rings. The number of ether oxygens (including phenoxy) is 1. The Balaban J connectivity index is 1.78. The molecular weight excluding hydrogens is 311 g/mol. The van der Waals surface area contributed by atoms with Crippen LogP contribution in [0.4, 0.5) is 4.39 Å². The first kappa shape index (κ1) is 17.9. The maximum atomic E-state index is 13.5. The highest BCUT2D eigenvalue weighted by molar-refractivity contribution is 5.77. The van der Waals surface area contributed by atoms with Gasteiger partial charge < -0.3 is 15.2 Å². The van der Waals surface area contributed by atoms with Crippen LogP contribution in [0.25, 0.3) is 0 Å². The number of rotatable bonds is 8. The highest BCUT2D eigenvalue weighted by atomic mass is 19.1. The molecule has 6 heteroatoms. The lowest BCUT2D eigenvalue weighted by Gasteiger charge is -2.15. The van der Waals surface area contributed by atoms with E-state index in [0.29, 0.717) is 13.0 Å². The summed E-state index contributed by atoms with van der Waals surface area (Å²) in [4.78, 5) is 16.0. The van der Waals surface area contributed by atoms with Crippen molar-refractivity contribution in [1.29, 1.82) is 0 Å². The van der Waals surface area contributed by atoms with E-state index in [0.717, 1.165) is 11.3 Å². The van der Waals surface area contributed by atoms with Crippen molar-refractivity contribution in [3.63, 3.8) is 0 Å². The molecule has 5 nitrogen and oxygen atoms in total. The van der Waals surface area contributed by atoms with Crippen LogP contribution < -0.4 is 10.1 Å².